The first-order valence-electron chi connectivity index (χ1n) is 8.03. The van der Waals surface area contributed by atoms with E-state index in [9.17, 15) is 13.2 Å². The van der Waals surface area contributed by atoms with Crippen LogP contribution in [0.1, 0.15) is 34.5 Å². The second-order valence-corrected chi connectivity index (χ2v) is 9.04. The quantitative estimate of drug-likeness (QED) is 0.829. The van der Waals surface area contributed by atoms with Crippen LogP contribution in [0.3, 0.4) is 0 Å². The fraction of sp³-hybridized carbons (Fsp3) is 0.278. The van der Waals surface area contributed by atoms with Gasteiger partial charge in [-0.05, 0) is 54.8 Å². The normalized spacial score (nSPS) is 14.8. The number of nitrogens with one attached hydrogen (secondary N) is 1. The van der Waals surface area contributed by atoms with Gasteiger partial charge in [-0.3, -0.25) is 9.10 Å². The van der Waals surface area contributed by atoms with Crippen LogP contribution in [-0.4, -0.2) is 27.1 Å². The summed E-state index contributed by atoms with van der Waals surface area (Å²) in [4.78, 5) is 12.6. The first-order valence-corrected chi connectivity index (χ1v) is 10.6. The van der Waals surface area contributed by atoms with Crippen LogP contribution in [0.5, 0.6) is 0 Å². The van der Waals surface area contributed by atoms with Crippen LogP contribution in [0.4, 0.5) is 5.69 Å². The SMILES string of the molecule is C[C@@H](NC(=O)c1ccc2c(c1)CCN2S(C)(=O)=O)c1ccc(Cl)cc1Cl. The van der Waals surface area contributed by atoms with E-state index in [1.165, 1.54) is 10.6 Å². The topological polar surface area (TPSA) is 66.5 Å². The summed E-state index contributed by atoms with van der Waals surface area (Å²) in [5.74, 6) is -0.246. The van der Waals surface area contributed by atoms with Gasteiger partial charge in [-0.25, -0.2) is 8.42 Å². The van der Waals surface area contributed by atoms with E-state index in [2.05, 4.69) is 5.32 Å². The minimum Gasteiger partial charge on any atom is -0.345 e. The molecule has 5 nitrogen and oxygen atoms in total. The van der Waals surface area contributed by atoms with E-state index in [0.29, 0.717) is 34.3 Å². The molecule has 26 heavy (non-hydrogen) atoms. The third-order valence-corrected chi connectivity index (χ3v) is 6.11. The van der Waals surface area contributed by atoms with Crippen molar-refractivity contribution in [2.24, 2.45) is 0 Å². The predicted molar refractivity (Wildman–Crippen MR) is 105 cm³/mol. The molecule has 0 unspecified atom stereocenters. The number of hydrogen-bond acceptors (Lipinski definition) is 3. The summed E-state index contributed by atoms with van der Waals surface area (Å²) < 4.78 is 25.0. The Kier molecular flexibility index (Phi) is 5.19. The van der Waals surface area contributed by atoms with Gasteiger partial charge in [0.15, 0.2) is 0 Å². The van der Waals surface area contributed by atoms with Gasteiger partial charge < -0.3 is 5.32 Å². The highest BCUT2D eigenvalue weighted by atomic mass is 35.5. The highest BCUT2D eigenvalue weighted by Gasteiger charge is 2.27. The number of carbonyl (C=O) groups is 1. The highest BCUT2D eigenvalue weighted by Crippen LogP contribution is 2.31. The van der Waals surface area contributed by atoms with E-state index in [1.807, 2.05) is 6.92 Å². The largest absolute Gasteiger partial charge is 0.345 e. The van der Waals surface area contributed by atoms with Crippen molar-refractivity contribution in [3.63, 3.8) is 0 Å². The van der Waals surface area contributed by atoms with Crippen molar-refractivity contribution in [3.8, 4) is 0 Å². The van der Waals surface area contributed by atoms with Crippen LogP contribution in [0.2, 0.25) is 10.0 Å². The molecule has 1 aliphatic heterocycles. The van der Waals surface area contributed by atoms with Crippen LogP contribution < -0.4 is 9.62 Å². The molecule has 0 spiro atoms. The van der Waals surface area contributed by atoms with E-state index in [-0.39, 0.29) is 11.9 Å². The van der Waals surface area contributed by atoms with E-state index in [1.54, 1.807) is 36.4 Å². The number of amides is 1. The van der Waals surface area contributed by atoms with Crippen LogP contribution in [0.25, 0.3) is 0 Å². The van der Waals surface area contributed by atoms with Gasteiger partial charge in [-0.1, -0.05) is 29.3 Å². The molecule has 138 valence electrons. The van der Waals surface area contributed by atoms with Gasteiger partial charge in [0.1, 0.15) is 0 Å². The van der Waals surface area contributed by atoms with Crippen molar-refractivity contribution in [2.45, 2.75) is 19.4 Å². The number of benzene rings is 2. The van der Waals surface area contributed by atoms with Crippen molar-refractivity contribution in [3.05, 3.63) is 63.1 Å². The van der Waals surface area contributed by atoms with Crippen LogP contribution >= 0.6 is 23.2 Å². The Labute approximate surface area is 163 Å². The lowest BCUT2D eigenvalue weighted by Crippen LogP contribution is -2.28. The fourth-order valence-corrected chi connectivity index (χ4v) is 4.60. The average Bonchev–Trinajstić information content (AvgIpc) is 2.97. The first kappa shape index (κ1) is 19.0. The summed E-state index contributed by atoms with van der Waals surface area (Å²) in [7, 11) is -3.31. The number of carbonyl (C=O) groups excluding carboxylic acids is 1. The van der Waals surface area contributed by atoms with Crippen LogP contribution in [0.15, 0.2) is 36.4 Å². The van der Waals surface area contributed by atoms with Gasteiger partial charge in [0.2, 0.25) is 10.0 Å². The smallest absolute Gasteiger partial charge is 0.251 e. The lowest BCUT2D eigenvalue weighted by molar-refractivity contribution is 0.0940. The molecule has 1 heterocycles. The maximum absolute atomic E-state index is 12.6. The zero-order valence-electron chi connectivity index (χ0n) is 14.3. The van der Waals surface area contributed by atoms with Gasteiger partial charge in [0, 0.05) is 22.2 Å². The Morgan fingerprint density at radius 1 is 1.19 bits per heavy atom. The van der Waals surface area contributed by atoms with Gasteiger partial charge in [-0.15, -0.1) is 0 Å². The molecule has 8 heteroatoms. The number of anilines is 1. The number of hydrogen-bond donors (Lipinski definition) is 1. The number of sulfonamides is 1. The zero-order valence-corrected chi connectivity index (χ0v) is 16.6. The molecule has 1 aliphatic rings. The summed E-state index contributed by atoms with van der Waals surface area (Å²) >= 11 is 12.1. The van der Waals surface area contributed by atoms with Gasteiger partial charge in [0.05, 0.1) is 18.0 Å². The molecule has 2 aromatic rings. The van der Waals surface area contributed by atoms with Gasteiger partial charge >= 0.3 is 0 Å². The summed E-state index contributed by atoms with van der Waals surface area (Å²) in [5, 5.41) is 3.93. The second-order valence-electron chi connectivity index (χ2n) is 6.29. The molecule has 0 fully saturated rings. The lowest BCUT2D eigenvalue weighted by Gasteiger charge is -2.18. The number of fused-ring (bicyclic) bond motifs is 1. The molecule has 3 rings (SSSR count). The Morgan fingerprint density at radius 3 is 2.58 bits per heavy atom. The Morgan fingerprint density at radius 2 is 1.92 bits per heavy atom. The fourth-order valence-electron chi connectivity index (χ4n) is 3.07. The van der Waals surface area contributed by atoms with Crippen molar-refractivity contribution in [1.29, 1.82) is 0 Å². The summed E-state index contributed by atoms with van der Waals surface area (Å²) in [5.41, 5.74) is 2.74. The van der Waals surface area contributed by atoms with E-state index in [0.717, 1.165) is 11.1 Å². The molecule has 2 aromatic carbocycles. The van der Waals surface area contributed by atoms with Crippen LogP contribution in [0, 0.1) is 0 Å². The Hall–Kier alpha value is -1.76. The number of halogens is 2. The second kappa shape index (κ2) is 7.10. The summed E-state index contributed by atoms with van der Waals surface area (Å²) in [6.07, 6.45) is 1.77. The molecule has 0 aliphatic carbocycles. The van der Waals surface area contributed by atoms with Crippen molar-refractivity contribution in [2.75, 3.05) is 17.1 Å². The molecule has 1 N–H and O–H groups in total. The highest BCUT2D eigenvalue weighted by molar-refractivity contribution is 7.92. The molecule has 1 amide bonds. The molecule has 0 radical (unpaired) electrons. The van der Waals surface area contributed by atoms with E-state index >= 15 is 0 Å². The molecule has 0 aromatic heterocycles. The van der Waals surface area contributed by atoms with Crippen molar-refractivity contribution in [1.82, 2.24) is 5.32 Å². The molecule has 0 bridgehead atoms. The molecule has 0 saturated heterocycles. The van der Waals surface area contributed by atoms with Gasteiger partial charge in [0.25, 0.3) is 5.91 Å². The summed E-state index contributed by atoms with van der Waals surface area (Å²) in [6, 6.07) is 9.89. The number of rotatable bonds is 4. The third-order valence-electron chi connectivity index (χ3n) is 4.37. The van der Waals surface area contributed by atoms with Crippen LogP contribution in [-0.2, 0) is 16.4 Å². The van der Waals surface area contributed by atoms with E-state index < -0.39 is 10.0 Å². The maximum atomic E-state index is 12.6. The first-order chi connectivity index (χ1) is 12.2. The average molecular weight is 413 g/mol. The Bertz CT molecular complexity index is 976. The predicted octanol–water partition coefficient (Wildman–Crippen LogP) is 3.81. The minimum atomic E-state index is -3.31. The monoisotopic (exact) mass is 412 g/mol. The van der Waals surface area contributed by atoms with E-state index in [4.69, 9.17) is 23.2 Å². The summed E-state index contributed by atoms with van der Waals surface area (Å²) in [6.45, 7) is 2.24. The molecule has 0 saturated carbocycles. The molecule has 1 atom stereocenters. The number of nitrogens with zero attached hydrogens (tertiary/aromatic N) is 1. The lowest BCUT2D eigenvalue weighted by atomic mass is 10.1. The molecular formula is C18H18Cl2N2O3S. The molecular weight excluding hydrogens is 395 g/mol. The standard InChI is InChI=1S/C18H18Cl2N2O3S/c1-11(15-5-4-14(19)10-16(15)20)21-18(23)13-3-6-17-12(9-13)7-8-22(17)26(2,24)25/h3-6,9-11H,7-8H2,1-2H3,(H,21,23)/t11-/m1/s1. The van der Waals surface area contributed by atoms with Crippen molar-refractivity contribution < 1.29 is 13.2 Å². The zero-order chi connectivity index (χ0) is 19.1. The van der Waals surface area contributed by atoms with Gasteiger partial charge in [-0.2, -0.15) is 0 Å². The minimum absolute atomic E-state index is 0.246. The maximum Gasteiger partial charge on any atom is 0.251 e. The third kappa shape index (κ3) is 3.82. The van der Waals surface area contributed by atoms with Crippen molar-refractivity contribution >= 4 is 44.8 Å². The Balaban J connectivity index is 1.79.